The summed E-state index contributed by atoms with van der Waals surface area (Å²) in [6.07, 6.45) is -2.35. The van der Waals surface area contributed by atoms with Gasteiger partial charge in [0.25, 0.3) is 5.91 Å². The Morgan fingerprint density at radius 3 is 2.75 bits per heavy atom. The van der Waals surface area contributed by atoms with E-state index in [1.165, 1.54) is 6.33 Å². The highest BCUT2D eigenvalue weighted by Crippen LogP contribution is 2.31. The lowest BCUT2D eigenvalue weighted by molar-refractivity contribution is -0.137. The molecule has 0 fully saturated rings. The third kappa shape index (κ3) is 4.05. The Labute approximate surface area is 141 Å². The number of hydrogen-bond acceptors (Lipinski definition) is 3. The van der Waals surface area contributed by atoms with Gasteiger partial charge in [-0.1, -0.05) is 18.5 Å². The van der Waals surface area contributed by atoms with Crippen LogP contribution in [0, 0.1) is 0 Å². The summed E-state index contributed by atoms with van der Waals surface area (Å²) in [5, 5.41) is 6.60. The number of nitrogens with one attached hydrogen (secondary N) is 1. The summed E-state index contributed by atoms with van der Waals surface area (Å²) in [7, 11) is 0. The molecule has 1 atom stereocenters. The van der Waals surface area contributed by atoms with Crippen LogP contribution in [0.3, 0.4) is 0 Å². The summed E-state index contributed by atoms with van der Waals surface area (Å²) >= 11 is 5.87. The number of hydrogen-bond donors (Lipinski definition) is 1. The van der Waals surface area contributed by atoms with Crippen LogP contribution in [-0.2, 0) is 12.7 Å². The molecule has 5 nitrogen and oxygen atoms in total. The molecule has 1 N–H and O–H groups in total. The molecule has 0 aliphatic rings. The van der Waals surface area contributed by atoms with Crippen LogP contribution >= 0.6 is 11.6 Å². The van der Waals surface area contributed by atoms with Crippen molar-refractivity contribution in [2.24, 2.45) is 0 Å². The van der Waals surface area contributed by atoms with Crippen LogP contribution < -0.4 is 5.32 Å². The molecule has 9 heteroatoms. The minimum Gasteiger partial charge on any atom is -0.342 e. The number of carbonyl (C=O) groups is 1. The zero-order valence-corrected chi connectivity index (χ0v) is 13.8. The molecular weight excluding hydrogens is 345 g/mol. The van der Waals surface area contributed by atoms with Gasteiger partial charge in [-0.05, 0) is 31.5 Å². The van der Waals surface area contributed by atoms with Crippen LogP contribution in [-0.4, -0.2) is 20.7 Å². The molecule has 0 aliphatic carbocycles. The van der Waals surface area contributed by atoms with Crippen molar-refractivity contribution in [3.63, 3.8) is 0 Å². The predicted octanol–water partition coefficient (Wildman–Crippen LogP) is 3.85. The molecule has 130 valence electrons. The summed E-state index contributed by atoms with van der Waals surface area (Å²) in [5.41, 5.74) is -1.17. The summed E-state index contributed by atoms with van der Waals surface area (Å²) in [5.74, 6) is -0.182. The van der Waals surface area contributed by atoms with Crippen molar-refractivity contribution in [3.8, 4) is 0 Å². The van der Waals surface area contributed by atoms with Crippen LogP contribution in [0.1, 0.15) is 48.1 Å². The number of amides is 1. The van der Waals surface area contributed by atoms with Gasteiger partial charge in [-0.25, -0.2) is 9.67 Å². The molecule has 0 saturated carbocycles. The molecule has 0 spiro atoms. The maximum atomic E-state index is 12.8. The van der Waals surface area contributed by atoms with Gasteiger partial charge in [0.15, 0.2) is 0 Å². The summed E-state index contributed by atoms with van der Waals surface area (Å²) in [4.78, 5) is 16.4. The van der Waals surface area contributed by atoms with E-state index in [1.54, 1.807) is 11.6 Å². The monoisotopic (exact) mass is 360 g/mol. The first-order valence-corrected chi connectivity index (χ1v) is 7.67. The van der Waals surface area contributed by atoms with E-state index < -0.39 is 23.7 Å². The van der Waals surface area contributed by atoms with Gasteiger partial charge in [0, 0.05) is 6.54 Å². The van der Waals surface area contributed by atoms with Crippen molar-refractivity contribution in [2.75, 3.05) is 0 Å². The third-order valence-electron chi connectivity index (χ3n) is 3.35. The van der Waals surface area contributed by atoms with Crippen LogP contribution in [0.2, 0.25) is 5.02 Å². The van der Waals surface area contributed by atoms with E-state index in [0.29, 0.717) is 12.4 Å². The Kier molecular flexibility index (Phi) is 5.48. The molecule has 0 saturated heterocycles. The van der Waals surface area contributed by atoms with Gasteiger partial charge in [0.2, 0.25) is 0 Å². The maximum Gasteiger partial charge on any atom is 0.416 e. The minimum absolute atomic E-state index is 0.0530. The highest BCUT2D eigenvalue weighted by molar-refractivity contribution is 6.33. The Morgan fingerprint density at radius 2 is 2.12 bits per heavy atom. The number of rotatable bonds is 5. The van der Waals surface area contributed by atoms with Crippen molar-refractivity contribution in [2.45, 2.75) is 39.0 Å². The number of carbonyl (C=O) groups excluding carboxylic acids is 1. The number of aryl methyl sites for hydroxylation is 1. The molecule has 2 aromatic rings. The molecule has 1 aromatic carbocycles. The van der Waals surface area contributed by atoms with E-state index >= 15 is 0 Å². The van der Waals surface area contributed by atoms with Crippen LogP contribution in [0.4, 0.5) is 13.2 Å². The van der Waals surface area contributed by atoms with Gasteiger partial charge in [-0.3, -0.25) is 4.79 Å². The van der Waals surface area contributed by atoms with E-state index in [4.69, 9.17) is 11.6 Å². The fraction of sp³-hybridized carbons (Fsp3) is 0.400. The Balaban J connectivity index is 2.22. The van der Waals surface area contributed by atoms with E-state index in [9.17, 15) is 18.0 Å². The first kappa shape index (κ1) is 18.3. The molecule has 2 rings (SSSR count). The zero-order valence-electron chi connectivity index (χ0n) is 13.1. The number of nitrogens with zero attached hydrogens (tertiary/aromatic N) is 3. The van der Waals surface area contributed by atoms with Crippen molar-refractivity contribution in [1.82, 2.24) is 20.1 Å². The maximum absolute atomic E-state index is 12.8. The van der Waals surface area contributed by atoms with E-state index in [2.05, 4.69) is 15.4 Å². The predicted molar refractivity (Wildman–Crippen MR) is 82.6 cm³/mol. The first-order valence-electron chi connectivity index (χ1n) is 7.29. The molecule has 1 unspecified atom stereocenters. The summed E-state index contributed by atoms with van der Waals surface area (Å²) in [6, 6.07) is 2.10. The highest BCUT2D eigenvalue weighted by atomic mass is 35.5. The Hall–Kier alpha value is -2.09. The molecule has 1 heterocycles. The SMILES string of the molecule is CCCn1ncnc1C(C)NC(=O)c1cc(C(F)(F)F)ccc1Cl. The standard InChI is InChI=1S/C15H16ClF3N4O/c1-3-6-23-13(20-8-21-23)9(2)22-14(24)11-7-10(15(17,18)19)4-5-12(11)16/h4-5,7-9H,3,6H2,1-2H3,(H,22,24). The number of aromatic nitrogens is 3. The van der Waals surface area contributed by atoms with Crippen molar-refractivity contribution >= 4 is 17.5 Å². The normalized spacial score (nSPS) is 12.9. The second-order valence-corrected chi connectivity index (χ2v) is 5.64. The topological polar surface area (TPSA) is 59.8 Å². The van der Waals surface area contributed by atoms with Crippen LogP contribution in [0.15, 0.2) is 24.5 Å². The van der Waals surface area contributed by atoms with Gasteiger partial charge in [0.1, 0.15) is 12.2 Å². The Bertz CT molecular complexity index is 730. The van der Waals surface area contributed by atoms with Gasteiger partial charge in [0.05, 0.1) is 22.2 Å². The molecule has 0 radical (unpaired) electrons. The summed E-state index contributed by atoms with van der Waals surface area (Å²) in [6.45, 7) is 4.27. The lowest BCUT2D eigenvalue weighted by Crippen LogP contribution is -2.29. The highest BCUT2D eigenvalue weighted by Gasteiger charge is 2.32. The second-order valence-electron chi connectivity index (χ2n) is 5.23. The van der Waals surface area contributed by atoms with Gasteiger partial charge in [-0.15, -0.1) is 0 Å². The molecule has 1 aromatic heterocycles. The molecular formula is C15H16ClF3N4O. The quantitative estimate of drug-likeness (QED) is 0.881. The van der Waals surface area contributed by atoms with Crippen LogP contribution in [0.5, 0.6) is 0 Å². The minimum atomic E-state index is -4.55. The first-order chi connectivity index (χ1) is 11.2. The average molecular weight is 361 g/mol. The lowest BCUT2D eigenvalue weighted by Gasteiger charge is -2.16. The average Bonchev–Trinajstić information content (AvgIpc) is 2.95. The smallest absolute Gasteiger partial charge is 0.342 e. The largest absolute Gasteiger partial charge is 0.416 e. The number of alkyl halides is 3. The van der Waals surface area contributed by atoms with Crippen molar-refractivity contribution in [3.05, 3.63) is 46.5 Å². The third-order valence-corrected chi connectivity index (χ3v) is 3.68. The van der Waals surface area contributed by atoms with E-state index in [1.807, 2.05) is 6.92 Å². The zero-order chi connectivity index (χ0) is 17.9. The molecule has 1 amide bonds. The van der Waals surface area contributed by atoms with Gasteiger partial charge < -0.3 is 5.32 Å². The fourth-order valence-corrected chi connectivity index (χ4v) is 2.41. The lowest BCUT2D eigenvalue weighted by atomic mass is 10.1. The van der Waals surface area contributed by atoms with E-state index in [0.717, 1.165) is 24.6 Å². The summed E-state index contributed by atoms with van der Waals surface area (Å²) < 4.78 is 40.0. The van der Waals surface area contributed by atoms with E-state index in [-0.39, 0.29) is 10.6 Å². The molecule has 0 bridgehead atoms. The fourth-order valence-electron chi connectivity index (χ4n) is 2.21. The van der Waals surface area contributed by atoms with Crippen molar-refractivity contribution in [1.29, 1.82) is 0 Å². The van der Waals surface area contributed by atoms with Gasteiger partial charge in [-0.2, -0.15) is 18.3 Å². The van der Waals surface area contributed by atoms with Crippen molar-refractivity contribution < 1.29 is 18.0 Å². The number of halogens is 4. The van der Waals surface area contributed by atoms with Gasteiger partial charge >= 0.3 is 6.18 Å². The second kappa shape index (κ2) is 7.21. The molecule has 24 heavy (non-hydrogen) atoms. The Morgan fingerprint density at radius 1 is 1.42 bits per heavy atom. The number of benzene rings is 1. The molecule has 0 aliphatic heterocycles. The van der Waals surface area contributed by atoms with Crippen LogP contribution in [0.25, 0.3) is 0 Å².